The van der Waals surface area contributed by atoms with E-state index in [9.17, 15) is 14.4 Å². The average Bonchev–Trinajstić information content (AvgIpc) is 3.48. The summed E-state index contributed by atoms with van der Waals surface area (Å²) in [6.45, 7) is 3.92. The van der Waals surface area contributed by atoms with Crippen molar-refractivity contribution in [2.45, 2.75) is 25.7 Å². The number of ether oxygens (including phenoxy) is 2. The minimum atomic E-state index is -0.286. The number of piperazine rings is 1. The number of rotatable bonds is 3. The molecule has 1 fully saturated rings. The van der Waals surface area contributed by atoms with E-state index in [1.54, 1.807) is 30.0 Å². The lowest BCUT2D eigenvalue weighted by Gasteiger charge is -2.35. The molecule has 31 heavy (non-hydrogen) atoms. The molecule has 9 nitrogen and oxygen atoms in total. The standard InChI is InChI=1S/C21H22N4O5S/c1-12(26)24-6-8-25(9-7-24)20(28)14-3-5-17-18(14)22-21(31-17)23-19(27)13-2-4-15-16(10-13)30-11-29-15/h2,4,10,14H,3,5-9,11H2,1H3,(H,22,23,27)/t14-/m1/s1. The van der Waals surface area contributed by atoms with Gasteiger partial charge in [-0.05, 0) is 31.0 Å². The number of nitrogens with zero attached hydrogens (tertiary/aromatic N) is 3. The Morgan fingerprint density at radius 3 is 2.61 bits per heavy atom. The number of benzene rings is 1. The lowest BCUT2D eigenvalue weighted by Crippen LogP contribution is -2.51. The van der Waals surface area contributed by atoms with Crippen molar-refractivity contribution in [2.24, 2.45) is 0 Å². The highest BCUT2D eigenvalue weighted by Crippen LogP contribution is 2.40. The molecule has 1 aromatic carbocycles. The fourth-order valence-corrected chi connectivity index (χ4v) is 5.22. The van der Waals surface area contributed by atoms with Gasteiger partial charge in [0, 0.05) is 43.5 Å². The van der Waals surface area contributed by atoms with Gasteiger partial charge in [-0.25, -0.2) is 4.98 Å². The zero-order valence-electron chi connectivity index (χ0n) is 17.1. The van der Waals surface area contributed by atoms with Crippen LogP contribution < -0.4 is 14.8 Å². The van der Waals surface area contributed by atoms with Gasteiger partial charge in [-0.3, -0.25) is 19.7 Å². The Labute approximate surface area is 182 Å². The van der Waals surface area contributed by atoms with Gasteiger partial charge in [0.25, 0.3) is 5.91 Å². The lowest BCUT2D eigenvalue weighted by atomic mass is 10.1. The molecule has 1 aliphatic carbocycles. The molecule has 1 saturated heterocycles. The van der Waals surface area contributed by atoms with Crippen LogP contribution in [0.5, 0.6) is 11.5 Å². The first-order valence-electron chi connectivity index (χ1n) is 10.2. The van der Waals surface area contributed by atoms with Crippen LogP contribution in [-0.4, -0.2) is 65.5 Å². The van der Waals surface area contributed by atoms with Gasteiger partial charge in [0.15, 0.2) is 16.6 Å². The predicted molar refractivity (Wildman–Crippen MR) is 113 cm³/mol. The number of aromatic nitrogens is 1. The maximum atomic E-state index is 13.1. The third kappa shape index (κ3) is 3.71. The van der Waals surface area contributed by atoms with Crippen molar-refractivity contribution in [2.75, 3.05) is 38.3 Å². The highest BCUT2D eigenvalue weighted by molar-refractivity contribution is 7.16. The number of hydrogen-bond acceptors (Lipinski definition) is 7. The number of anilines is 1. The van der Waals surface area contributed by atoms with E-state index in [0.29, 0.717) is 48.4 Å². The summed E-state index contributed by atoms with van der Waals surface area (Å²) < 4.78 is 10.6. The number of carbonyl (C=O) groups excluding carboxylic acids is 3. The second kappa shape index (κ2) is 7.84. The highest BCUT2D eigenvalue weighted by Gasteiger charge is 2.36. The molecule has 10 heteroatoms. The van der Waals surface area contributed by atoms with Gasteiger partial charge in [-0.1, -0.05) is 0 Å². The van der Waals surface area contributed by atoms with Gasteiger partial charge < -0.3 is 19.3 Å². The monoisotopic (exact) mass is 442 g/mol. The molecule has 3 amide bonds. The van der Waals surface area contributed by atoms with Gasteiger partial charge in [0.1, 0.15) is 0 Å². The largest absolute Gasteiger partial charge is 0.454 e. The van der Waals surface area contributed by atoms with Crippen molar-refractivity contribution < 1.29 is 23.9 Å². The van der Waals surface area contributed by atoms with Gasteiger partial charge in [0.2, 0.25) is 18.6 Å². The van der Waals surface area contributed by atoms with Crippen molar-refractivity contribution in [1.29, 1.82) is 0 Å². The number of aryl methyl sites for hydroxylation is 1. The van der Waals surface area contributed by atoms with E-state index in [0.717, 1.165) is 23.4 Å². The third-order valence-electron chi connectivity index (χ3n) is 5.91. The molecule has 0 radical (unpaired) electrons. The summed E-state index contributed by atoms with van der Waals surface area (Å²) in [4.78, 5) is 46.4. The van der Waals surface area contributed by atoms with Crippen molar-refractivity contribution in [3.05, 3.63) is 34.3 Å². The SMILES string of the molecule is CC(=O)N1CCN(C(=O)[C@@H]2CCc3sc(NC(=O)c4ccc5c(c4)OCO5)nc32)CC1. The number of hydrogen-bond donors (Lipinski definition) is 1. The Morgan fingerprint density at radius 2 is 1.84 bits per heavy atom. The first kappa shape index (κ1) is 19.8. The molecule has 1 N–H and O–H groups in total. The van der Waals surface area contributed by atoms with Crippen LogP contribution in [0, 0.1) is 0 Å². The summed E-state index contributed by atoms with van der Waals surface area (Å²) in [5.74, 6) is 0.693. The smallest absolute Gasteiger partial charge is 0.257 e. The van der Waals surface area contributed by atoms with E-state index < -0.39 is 0 Å². The Bertz CT molecular complexity index is 1060. The van der Waals surface area contributed by atoms with Gasteiger partial charge in [0.05, 0.1) is 11.6 Å². The second-order valence-corrected chi connectivity index (χ2v) is 8.86. The molecule has 0 spiro atoms. The summed E-state index contributed by atoms with van der Waals surface area (Å²) in [6.07, 6.45) is 1.51. The van der Waals surface area contributed by atoms with Crippen molar-refractivity contribution in [1.82, 2.24) is 14.8 Å². The predicted octanol–water partition coefficient (Wildman–Crippen LogP) is 1.84. The number of nitrogens with one attached hydrogen (secondary N) is 1. The molecule has 0 bridgehead atoms. The van der Waals surface area contributed by atoms with Crippen LogP contribution in [0.15, 0.2) is 18.2 Å². The van der Waals surface area contributed by atoms with Crippen LogP contribution in [-0.2, 0) is 16.0 Å². The van der Waals surface area contributed by atoms with Crippen LogP contribution in [0.4, 0.5) is 5.13 Å². The topological polar surface area (TPSA) is 101 Å². The van der Waals surface area contributed by atoms with E-state index in [2.05, 4.69) is 10.3 Å². The summed E-state index contributed by atoms with van der Waals surface area (Å²) in [6, 6.07) is 5.03. The zero-order valence-corrected chi connectivity index (χ0v) is 17.9. The Hall–Kier alpha value is -3.14. The van der Waals surface area contributed by atoms with E-state index in [1.807, 2.05) is 4.90 Å². The fraction of sp³-hybridized carbons (Fsp3) is 0.429. The molecular weight excluding hydrogens is 420 g/mol. The van der Waals surface area contributed by atoms with E-state index in [-0.39, 0.29) is 30.4 Å². The maximum absolute atomic E-state index is 13.1. The summed E-state index contributed by atoms with van der Waals surface area (Å²) in [5.41, 5.74) is 1.22. The van der Waals surface area contributed by atoms with Crippen molar-refractivity contribution >= 4 is 34.2 Å². The molecule has 1 atom stereocenters. The van der Waals surface area contributed by atoms with Crippen molar-refractivity contribution in [3.63, 3.8) is 0 Å². The number of carbonyl (C=O) groups is 3. The molecule has 3 heterocycles. The van der Waals surface area contributed by atoms with Gasteiger partial charge >= 0.3 is 0 Å². The fourth-order valence-electron chi connectivity index (χ4n) is 4.19. The zero-order chi connectivity index (χ0) is 21.5. The van der Waals surface area contributed by atoms with Crippen LogP contribution in [0.25, 0.3) is 0 Å². The highest BCUT2D eigenvalue weighted by atomic mass is 32.1. The molecule has 3 aliphatic rings. The second-order valence-electron chi connectivity index (χ2n) is 7.77. The minimum Gasteiger partial charge on any atom is -0.454 e. The molecule has 2 aliphatic heterocycles. The molecule has 0 unspecified atom stereocenters. The summed E-state index contributed by atoms with van der Waals surface area (Å²) in [7, 11) is 0. The minimum absolute atomic E-state index is 0.0394. The number of fused-ring (bicyclic) bond motifs is 2. The van der Waals surface area contributed by atoms with E-state index in [1.165, 1.54) is 11.3 Å². The molecule has 0 saturated carbocycles. The third-order valence-corrected chi connectivity index (χ3v) is 6.95. The average molecular weight is 442 g/mol. The molecule has 162 valence electrons. The number of thiazole rings is 1. The quantitative estimate of drug-likeness (QED) is 0.779. The molecule has 5 rings (SSSR count). The summed E-state index contributed by atoms with van der Waals surface area (Å²) in [5, 5.41) is 3.33. The van der Waals surface area contributed by atoms with E-state index >= 15 is 0 Å². The lowest BCUT2D eigenvalue weighted by molar-refractivity contribution is -0.139. The first-order chi connectivity index (χ1) is 15.0. The maximum Gasteiger partial charge on any atom is 0.257 e. The van der Waals surface area contributed by atoms with E-state index in [4.69, 9.17) is 9.47 Å². The Kier molecular flexibility index (Phi) is 5.01. The van der Waals surface area contributed by atoms with Gasteiger partial charge in [-0.2, -0.15) is 0 Å². The first-order valence-corrected chi connectivity index (χ1v) is 11.1. The van der Waals surface area contributed by atoms with Crippen LogP contribution >= 0.6 is 11.3 Å². The van der Waals surface area contributed by atoms with Gasteiger partial charge in [-0.15, -0.1) is 11.3 Å². The Balaban J connectivity index is 1.26. The summed E-state index contributed by atoms with van der Waals surface area (Å²) >= 11 is 1.42. The van der Waals surface area contributed by atoms with Crippen LogP contribution in [0.1, 0.15) is 40.2 Å². The molecule has 2 aromatic rings. The van der Waals surface area contributed by atoms with Crippen molar-refractivity contribution in [3.8, 4) is 11.5 Å². The molecule has 1 aromatic heterocycles. The van der Waals surface area contributed by atoms with Crippen LogP contribution in [0.3, 0.4) is 0 Å². The normalized spacial score (nSPS) is 19.3. The number of amides is 3. The van der Waals surface area contributed by atoms with Crippen LogP contribution in [0.2, 0.25) is 0 Å². The Morgan fingerprint density at radius 1 is 1.10 bits per heavy atom. The molecular formula is C21H22N4O5S.